The summed E-state index contributed by atoms with van der Waals surface area (Å²) < 4.78 is 12.9. The Morgan fingerprint density at radius 2 is 2.12 bits per heavy atom. The van der Waals surface area contributed by atoms with Gasteiger partial charge in [0.15, 0.2) is 0 Å². The van der Waals surface area contributed by atoms with Crippen molar-refractivity contribution in [2.24, 2.45) is 5.92 Å². The molecule has 17 heavy (non-hydrogen) atoms. The molecule has 0 aliphatic carbocycles. The van der Waals surface area contributed by atoms with E-state index < -0.39 is 0 Å². The monoisotopic (exact) mass is 236 g/mol. The van der Waals surface area contributed by atoms with Gasteiger partial charge in [0.1, 0.15) is 5.82 Å². The highest BCUT2D eigenvalue weighted by molar-refractivity contribution is 5.46. The average molecular weight is 236 g/mol. The van der Waals surface area contributed by atoms with Crippen molar-refractivity contribution in [1.82, 2.24) is 5.32 Å². The lowest BCUT2D eigenvalue weighted by Gasteiger charge is -2.31. The molecule has 0 unspecified atom stereocenters. The summed E-state index contributed by atoms with van der Waals surface area (Å²) >= 11 is 0. The van der Waals surface area contributed by atoms with Crippen LogP contribution in [0, 0.1) is 11.7 Å². The molecule has 1 aliphatic rings. The van der Waals surface area contributed by atoms with Gasteiger partial charge in [0.05, 0.1) is 0 Å². The van der Waals surface area contributed by atoms with E-state index in [0.29, 0.717) is 5.92 Å². The van der Waals surface area contributed by atoms with Gasteiger partial charge in [-0.2, -0.15) is 0 Å². The van der Waals surface area contributed by atoms with Crippen LogP contribution < -0.4 is 10.2 Å². The van der Waals surface area contributed by atoms with Crippen LogP contribution in [0.3, 0.4) is 0 Å². The highest BCUT2D eigenvalue weighted by Crippen LogP contribution is 2.19. The smallest absolute Gasteiger partial charge is 0.123 e. The second-order valence-corrected chi connectivity index (χ2v) is 4.73. The van der Waals surface area contributed by atoms with E-state index in [4.69, 9.17) is 0 Å². The molecule has 0 amide bonds. The SMILES string of the molecule is CCN(C[C@H]1CCCNC1)c1ccc(F)cc1. The third kappa shape index (κ3) is 3.43. The topological polar surface area (TPSA) is 15.3 Å². The molecule has 2 nitrogen and oxygen atoms in total. The molecule has 0 bridgehead atoms. The summed E-state index contributed by atoms with van der Waals surface area (Å²) in [6.07, 6.45) is 2.57. The minimum atomic E-state index is -0.163. The van der Waals surface area contributed by atoms with Crippen LogP contribution in [-0.2, 0) is 0 Å². The number of hydrogen-bond donors (Lipinski definition) is 1. The highest BCUT2D eigenvalue weighted by atomic mass is 19.1. The maximum absolute atomic E-state index is 12.9. The molecule has 1 atom stereocenters. The Morgan fingerprint density at radius 3 is 2.71 bits per heavy atom. The summed E-state index contributed by atoms with van der Waals surface area (Å²) in [4.78, 5) is 2.33. The first-order valence-electron chi connectivity index (χ1n) is 6.51. The summed E-state index contributed by atoms with van der Waals surface area (Å²) in [7, 11) is 0. The molecular formula is C14H21FN2. The van der Waals surface area contributed by atoms with Gasteiger partial charge >= 0.3 is 0 Å². The number of hydrogen-bond acceptors (Lipinski definition) is 2. The first-order valence-corrected chi connectivity index (χ1v) is 6.51. The number of anilines is 1. The van der Waals surface area contributed by atoms with Gasteiger partial charge in [-0.1, -0.05) is 0 Å². The van der Waals surface area contributed by atoms with Gasteiger partial charge in [-0.25, -0.2) is 4.39 Å². The fourth-order valence-corrected chi connectivity index (χ4v) is 2.46. The van der Waals surface area contributed by atoms with E-state index in [9.17, 15) is 4.39 Å². The zero-order chi connectivity index (χ0) is 12.1. The maximum atomic E-state index is 12.9. The molecule has 0 spiro atoms. The molecule has 1 heterocycles. The molecule has 1 fully saturated rings. The van der Waals surface area contributed by atoms with Crippen LogP contribution in [0.25, 0.3) is 0 Å². The third-order valence-electron chi connectivity index (χ3n) is 3.45. The second kappa shape index (κ2) is 6.01. The Bertz CT molecular complexity index is 331. The Kier molecular flexibility index (Phi) is 4.37. The Morgan fingerprint density at radius 1 is 1.35 bits per heavy atom. The molecule has 94 valence electrons. The Labute approximate surface area is 103 Å². The fourth-order valence-electron chi connectivity index (χ4n) is 2.46. The van der Waals surface area contributed by atoms with Gasteiger partial charge < -0.3 is 10.2 Å². The van der Waals surface area contributed by atoms with Crippen molar-refractivity contribution in [1.29, 1.82) is 0 Å². The third-order valence-corrected chi connectivity index (χ3v) is 3.45. The molecular weight excluding hydrogens is 215 g/mol. The summed E-state index contributed by atoms with van der Waals surface area (Å²) in [5.41, 5.74) is 1.12. The van der Waals surface area contributed by atoms with E-state index in [0.717, 1.165) is 31.9 Å². The summed E-state index contributed by atoms with van der Waals surface area (Å²) in [6, 6.07) is 6.82. The lowest BCUT2D eigenvalue weighted by Crippen LogP contribution is -2.38. The maximum Gasteiger partial charge on any atom is 0.123 e. The highest BCUT2D eigenvalue weighted by Gasteiger charge is 2.16. The van der Waals surface area contributed by atoms with E-state index >= 15 is 0 Å². The zero-order valence-electron chi connectivity index (χ0n) is 10.5. The van der Waals surface area contributed by atoms with Crippen molar-refractivity contribution in [2.75, 3.05) is 31.1 Å². The predicted octanol–water partition coefficient (Wildman–Crippen LogP) is 2.65. The van der Waals surface area contributed by atoms with Crippen molar-refractivity contribution in [2.45, 2.75) is 19.8 Å². The van der Waals surface area contributed by atoms with Crippen LogP contribution in [-0.4, -0.2) is 26.2 Å². The van der Waals surface area contributed by atoms with Gasteiger partial charge in [0.2, 0.25) is 0 Å². The van der Waals surface area contributed by atoms with Crippen molar-refractivity contribution >= 4 is 5.69 Å². The number of piperidine rings is 1. The van der Waals surface area contributed by atoms with Crippen LogP contribution in [0.5, 0.6) is 0 Å². The summed E-state index contributed by atoms with van der Waals surface area (Å²) in [5, 5.41) is 3.44. The van der Waals surface area contributed by atoms with Gasteiger partial charge in [-0.05, 0) is 63.0 Å². The molecule has 1 N–H and O–H groups in total. The first kappa shape index (κ1) is 12.4. The normalized spacial score (nSPS) is 20.2. The van der Waals surface area contributed by atoms with E-state index in [1.165, 1.54) is 25.0 Å². The van der Waals surface area contributed by atoms with Gasteiger partial charge in [-0.3, -0.25) is 0 Å². The number of nitrogens with zero attached hydrogens (tertiary/aromatic N) is 1. The van der Waals surface area contributed by atoms with Crippen LogP contribution >= 0.6 is 0 Å². The fraction of sp³-hybridized carbons (Fsp3) is 0.571. The Balaban J connectivity index is 1.97. The van der Waals surface area contributed by atoms with Gasteiger partial charge in [0, 0.05) is 18.8 Å². The van der Waals surface area contributed by atoms with Gasteiger partial charge in [-0.15, -0.1) is 0 Å². The molecule has 0 aromatic heterocycles. The predicted molar refractivity (Wildman–Crippen MR) is 69.9 cm³/mol. The molecule has 2 rings (SSSR count). The first-order chi connectivity index (χ1) is 8.29. The van der Waals surface area contributed by atoms with Crippen molar-refractivity contribution in [3.05, 3.63) is 30.1 Å². The Hall–Kier alpha value is -1.09. The average Bonchev–Trinajstić information content (AvgIpc) is 2.38. The van der Waals surface area contributed by atoms with Crippen LogP contribution in [0.1, 0.15) is 19.8 Å². The molecule has 0 saturated carbocycles. The van der Waals surface area contributed by atoms with Crippen molar-refractivity contribution < 1.29 is 4.39 Å². The molecule has 1 aliphatic heterocycles. The number of nitrogens with one attached hydrogen (secondary N) is 1. The molecule has 3 heteroatoms. The largest absolute Gasteiger partial charge is 0.371 e. The lowest BCUT2D eigenvalue weighted by molar-refractivity contribution is 0.378. The molecule has 0 radical (unpaired) electrons. The van der Waals surface area contributed by atoms with Crippen molar-refractivity contribution in [3.63, 3.8) is 0 Å². The second-order valence-electron chi connectivity index (χ2n) is 4.73. The van der Waals surface area contributed by atoms with Crippen LogP contribution in [0.4, 0.5) is 10.1 Å². The van der Waals surface area contributed by atoms with E-state index in [-0.39, 0.29) is 5.82 Å². The van der Waals surface area contributed by atoms with E-state index in [2.05, 4.69) is 17.1 Å². The quantitative estimate of drug-likeness (QED) is 0.864. The van der Waals surface area contributed by atoms with Crippen LogP contribution in [0.15, 0.2) is 24.3 Å². The number of benzene rings is 1. The number of rotatable bonds is 4. The standard InChI is InChI=1S/C14H21FN2/c1-2-17(11-12-4-3-9-16-10-12)14-7-5-13(15)6-8-14/h5-8,12,16H,2-4,9-11H2,1H3/t12-/m0/s1. The van der Waals surface area contributed by atoms with Crippen molar-refractivity contribution in [3.8, 4) is 0 Å². The molecule has 1 aromatic rings. The molecule has 1 saturated heterocycles. The van der Waals surface area contributed by atoms with Gasteiger partial charge in [0.25, 0.3) is 0 Å². The minimum absolute atomic E-state index is 0.163. The number of halogens is 1. The lowest BCUT2D eigenvalue weighted by atomic mass is 9.99. The van der Waals surface area contributed by atoms with E-state index in [1.54, 1.807) is 0 Å². The van der Waals surface area contributed by atoms with E-state index in [1.807, 2.05) is 12.1 Å². The minimum Gasteiger partial charge on any atom is -0.371 e. The summed E-state index contributed by atoms with van der Waals surface area (Å²) in [5.74, 6) is 0.554. The van der Waals surface area contributed by atoms with Crippen LogP contribution in [0.2, 0.25) is 0 Å². The molecule has 1 aromatic carbocycles. The zero-order valence-corrected chi connectivity index (χ0v) is 10.5. The summed E-state index contributed by atoms with van der Waals surface area (Å²) in [6.45, 7) is 6.45.